The van der Waals surface area contributed by atoms with E-state index in [0.717, 1.165) is 18.4 Å². The van der Waals surface area contributed by atoms with Gasteiger partial charge in [-0.3, -0.25) is 14.9 Å². The summed E-state index contributed by atoms with van der Waals surface area (Å²) < 4.78 is 0. The Kier molecular flexibility index (Phi) is 9.59. The minimum atomic E-state index is -0.609. The second-order valence-corrected chi connectivity index (χ2v) is 10.7. The number of rotatable bonds is 9. The number of aromatic nitrogens is 4. The fourth-order valence-electron chi connectivity index (χ4n) is 2.81. The van der Waals surface area contributed by atoms with Crippen molar-refractivity contribution in [1.82, 2.24) is 19.9 Å². The molecule has 3 N–H and O–H groups in total. The largest absolute Gasteiger partial charge is 0.389 e. The third-order valence-corrected chi connectivity index (χ3v) is 5.10. The molecule has 35 heavy (non-hydrogen) atoms. The molecule has 190 valence electrons. The van der Waals surface area contributed by atoms with Crippen LogP contribution in [-0.2, 0) is 16.0 Å². The summed E-state index contributed by atoms with van der Waals surface area (Å²) in [6.07, 6.45) is 9.14. The first kappa shape index (κ1) is 28.0. The van der Waals surface area contributed by atoms with Crippen molar-refractivity contribution in [2.24, 2.45) is 10.8 Å². The van der Waals surface area contributed by atoms with Crippen LogP contribution in [0.1, 0.15) is 77.9 Å². The molecule has 0 saturated carbocycles. The van der Waals surface area contributed by atoms with Crippen LogP contribution in [0.2, 0.25) is 0 Å². The number of nitrogens with one attached hydrogen (secondary N) is 2. The smallest absolute Gasteiger partial charge is 0.232 e. The van der Waals surface area contributed by atoms with Gasteiger partial charge in [0, 0.05) is 40.5 Å². The van der Waals surface area contributed by atoms with Crippen LogP contribution in [0.15, 0.2) is 24.5 Å². The van der Waals surface area contributed by atoms with Gasteiger partial charge in [-0.05, 0) is 26.2 Å². The zero-order valence-electron chi connectivity index (χ0n) is 21.8. The Balaban J connectivity index is 2.01. The van der Waals surface area contributed by atoms with Gasteiger partial charge in [0.2, 0.25) is 17.8 Å². The Hall–Kier alpha value is -3.20. The van der Waals surface area contributed by atoms with Crippen LogP contribution in [0.4, 0.5) is 11.8 Å². The number of carbonyl (C=O) groups is 2. The summed E-state index contributed by atoms with van der Waals surface area (Å²) in [6.45, 7) is 12.7. The van der Waals surface area contributed by atoms with Crippen LogP contribution in [0.5, 0.6) is 0 Å². The molecule has 2 aromatic rings. The number of anilines is 2. The molecule has 2 aromatic heterocycles. The quantitative estimate of drug-likeness (QED) is 0.453. The molecule has 2 heterocycles. The molecule has 1 atom stereocenters. The van der Waals surface area contributed by atoms with Gasteiger partial charge in [0.1, 0.15) is 11.6 Å². The van der Waals surface area contributed by atoms with Gasteiger partial charge in [-0.1, -0.05) is 60.1 Å². The van der Waals surface area contributed by atoms with E-state index in [2.05, 4.69) is 30.6 Å². The lowest BCUT2D eigenvalue weighted by Crippen LogP contribution is -2.30. The molecule has 0 bridgehead atoms. The monoisotopic (exact) mass is 482 g/mol. The number of aryl methyl sites for hydroxylation is 2. The first-order valence-corrected chi connectivity index (χ1v) is 11.9. The van der Waals surface area contributed by atoms with E-state index < -0.39 is 16.9 Å². The Morgan fingerprint density at radius 1 is 0.971 bits per heavy atom. The van der Waals surface area contributed by atoms with E-state index >= 15 is 0 Å². The van der Waals surface area contributed by atoms with E-state index in [0.29, 0.717) is 30.2 Å². The molecule has 0 saturated heterocycles. The fraction of sp³-hybridized carbons (Fsp3) is 0.538. The number of hydrogen-bond acceptors (Lipinski definition) is 7. The number of nitrogens with zero attached hydrogens (tertiary/aromatic N) is 4. The number of carbonyl (C=O) groups excluding carboxylic acids is 2. The fourth-order valence-corrected chi connectivity index (χ4v) is 2.81. The summed E-state index contributed by atoms with van der Waals surface area (Å²) in [5, 5.41) is 15.8. The second-order valence-electron chi connectivity index (χ2n) is 10.7. The third kappa shape index (κ3) is 9.90. The van der Waals surface area contributed by atoms with Crippen molar-refractivity contribution < 1.29 is 14.7 Å². The van der Waals surface area contributed by atoms with Gasteiger partial charge < -0.3 is 10.4 Å². The van der Waals surface area contributed by atoms with Gasteiger partial charge in [0.15, 0.2) is 0 Å². The SMILES string of the molecule is Cc1ncc(/C=C/C(O)CCCCc2cc(NC(=O)C(C)(C)C)nc(NC(=O)C(C)(C)C)n2)cn1. The van der Waals surface area contributed by atoms with Crippen molar-refractivity contribution in [2.75, 3.05) is 10.6 Å². The van der Waals surface area contributed by atoms with E-state index in [-0.39, 0.29) is 17.8 Å². The van der Waals surface area contributed by atoms with Crippen molar-refractivity contribution >= 4 is 29.7 Å². The molecule has 9 heteroatoms. The number of hydrogen-bond donors (Lipinski definition) is 3. The standard InChI is InChI=1S/C26H38N6O3/c1-17-27-15-18(16-28-17)12-13-20(33)11-9-8-10-19-14-21(30-22(34)25(2,3)4)31-24(29-19)32-23(35)26(5,6)7/h12-16,20,33H,8-11H2,1-7H3,(H2,29,30,31,32,34,35)/b13-12+. The molecular formula is C26H38N6O3. The van der Waals surface area contributed by atoms with E-state index in [9.17, 15) is 14.7 Å². The van der Waals surface area contributed by atoms with E-state index in [1.54, 1.807) is 45.3 Å². The molecule has 0 aliphatic heterocycles. The third-order valence-electron chi connectivity index (χ3n) is 5.10. The number of amides is 2. The summed E-state index contributed by atoms with van der Waals surface area (Å²) in [5.41, 5.74) is 0.345. The first-order valence-electron chi connectivity index (χ1n) is 11.9. The highest BCUT2D eigenvalue weighted by Crippen LogP contribution is 2.20. The molecule has 0 aromatic carbocycles. The minimum Gasteiger partial charge on any atom is -0.389 e. The highest BCUT2D eigenvalue weighted by Gasteiger charge is 2.24. The van der Waals surface area contributed by atoms with E-state index in [1.807, 2.05) is 33.8 Å². The molecule has 1 unspecified atom stereocenters. The Morgan fingerprint density at radius 2 is 1.57 bits per heavy atom. The summed E-state index contributed by atoms with van der Waals surface area (Å²) in [7, 11) is 0. The number of aliphatic hydroxyl groups is 1. The van der Waals surface area contributed by atoms with E-state index in [1.165, 1.54) is 0 Å². The molecule has 0 radical (unpaired) electrons. The molecule has 2 amide bonds. The van der Waals surface area contributed by atoms with Crippen LogP contribution in [0, 0.1) is 17.8 Å². The predicted molar refractivity (Wildman–Crippen MR) is 138 cm³/mol. The molecule has 0 aliphatic rings. The van der Waals surface area contributed by atoms with Crippen LogP contribution in [-0.4, -0.2) is 43.0 Å². The normalized spacial score (nSPS) is 13.0. The molecule has 2 rings (SSSR count). The topological polar surface area (TPSA) is 130 Å². The predicted octanol–water partition coefficient (Wildman–Crippen LogP) is 4.33. The van der Waals surface area contributed by atoms with Crippen LogP contribution in [0.25, 0.3) is 6.08 Å². The van der Waals surface area contributed by atoms with Gasteiger partial charge in [-0.25, -0.2) is 15.0 Å². The van der Waals surface area contributed by atoms with Crippen molar-refractivity contribution in [1.29, 1.82) is 0 Å². The summed E-state index contributed by atoms with van der Waals surface area (Å²) >= 11 is 0. The Bertz CT molecular complexity index is 990. The molecular weight excluding hydrogens is 444 g/mol. The lowest BCUT2D eigenvalue weighted by molar-refractivity contribution is -0.123. The van der Waals surface area contributed by atoms with Gasteiger partial charge in [0.05, 0.1) is 6.10 Å². The van der Waals surface area contributed by atoms with Crippen molar-refractivity contribution in [3.8, 4) is 0 Å². The molecule has 9 nitrogen and oxygen atoms in total. The summed E-state index contributed by atoms with van der Waals surface area (Å²) in [6, 6.07) is 1.73. The zero-order chi connectivity index (χ0) is 26.2. The summed E-state index contributed by atoms with van der Waals surface area (Å²) in [4.78, 5) is 41.9. The highest BCUT2D eigenvalue weighted by molar-refractivity contribution is 5.95. The summed E-state index contributed by atoms with van der Waals surface area (Å²) in [5.74, 6) is 0.827. The second kappa shape index (κ2) is 12.0. The minimum absolute atomic E-state index is 0.162. The lowest BCUT2D eigenvalue weighted by atomic mass is 9.96. The van der Waals surface area contributed by atoms with Gasteiger partial charge in [0.25, 0.3) is 0 Å². The van der Waals surface area contributed by atoms with Gasteiger partial charge in [-0.2, -0.15) is 4.98 Å². The average molecular weight is 483 g/mol. The highest BCUT2D eigenvalue weighted by atomic mass is 16.3. The molecule has 0 spiro atoms. The number of aliphatic hydroxyl groups excluding tert-OH is 1. The van der Waals surface area contributed by atoms with Crippen molar-refractivity contribution in [3.05, 3.63) is 41.6 Å². The van der Waals surface area contributed by atoms with Crippen LogP contribution < -0.4 is 10.6 Å². The molecule has 0 aliphatic carbocycles. The Labute approximate surface area is 207 Å². The molecule has 0 fully saturated rings. The van der Waals surface area contributed by atoms with Gasteiger partial charge >= 0.3 is 0 Å². The van der Waals surface area contributed by atoms with Crippen molar-refractivity contribution in [2.45, 2.75) is 80.3 Å². The maximum atomic E-state index is 12.5. The first-order chi connectivity index (χ1) is 16.2. The van der Waals surface area contributed by atoms with E-state index in [4.69, 9.17) is 0 Å². The Morgan fingerprint density at radius 3 is 2.17 bits per heavy atom. The van der Waals surface area contributed by atoms with Crippen LogP contribution in [0.3, 0.4) is 0 Å². The van der Waals surface area contributed by atoms with Crippen molar-refractivity contribution in [3.63, 3.8) is 0 Å². The average Bonchev–Trinajstić information content (AvgIpc) is 2.75. The number of unbranched alkanes of at least 4 members (excludes halogenated alkanes) is 1. The van der Waals surface area contributed by atoms with Crippen LogP contribution >= 0.6 is 0 Å². The maximum absolute atomic E-state index is 12.5. The van der Waals surface area contributed by atoms with Gasteiger partial charge in [-0.15, -0.1) is 0 Å². The lowest BCUT2D eigenvalue weighted by Gasteiger charge is -2.19. The maximum Gasteiger partial charge on any atom is 0.232 e. The zero-order valence-corrected chi connectivity index (χ0v) is 21.8.